The molecule has 0 atom stereocenters. The normalized spacial score (nSPS) is 16.5. The molecule has 0 aliphatic heterocycles. The molecule has 0 saturated heterocycles. The van der Waals surface area contributed by atoms with Crippen molar-refractivity contribution in [2.75, 3.05) is 0 Å². The Bertz CT molecular complexity index is 561. The molecule has 1 heterocycles. The highest BCUT2D eigenvalue weighted by Crippen LogP contribution is 2.35. The summed E-state index contributed by atoms with van der Waals surface area (Å²) in [5.41, 5.74) is 3.78. The standard InChI is InChI=1S/C14H16N2S/c17-14-15-9-13(16-14)12-7-3-6-11(8-12)10-4-1-2-5-10/h3,6-10H,1-2,4-5H2,(H2,15,16,17). The number of H-pyrrole nitrogens is 2. The largest absolute Gasteiger partial charge is 0.337 e. The predicted octanol–water partition coefficient (Wildman–Crippen LogP) is 4.40. The minimum atomic E-state index is 0.686. The quantitative estimate of drug-likeness (QED) is 0.754. The van der Waals surface area contributed by atoms with Gasteiger partial charge in [0.25, 0.3) is 0 Å². The summed E-state index contributed by atoms with van der Waals surface area (Å²) in [6.45, 7) is 0. The highest BCUT2D eigenvalue weighted by Gasteiger charge is 2.17. The van der Waals surface area contributed by atoms with Gasteiger partial charge in [-0.3, -0.25) is 0 Å². The molecule has 3 rings (SSSR count). The molecule has 1 aliphatic rings. The Kier molecular flexibility index (Phi) is 2.85. The summed E-state index contributed by atoms with van der Waals surface area (Å²) in [6.07, 6.45) is 7.37. The Morgan fingerprint density at radius 3 is 2.71 bits per heavy atom. The second kappa shape index (κ2) is 4.49. The van der Waals surface area contributed by atoms with Crippen molar-refractivity contribution in [1.82, 2.24) is 9.97 Å². The summed E-state index contributed by atoms with van der Waals surface area (Å²) in [7, 11) is 0. The van der Waals surface area contributed by atoms with E-state index >= 15 is 0 Å². The van der Waals surface area contributed by atoms with Gasteiger partial charge in [-0.15, -0.1) is 0 Å². The maximum Gasteiger partial charge on any atom is 0.174 e. The molecule has 17 heavy (non-hydrogen) atoms. The van der Waals surface area contributed by atoms with E-state index in [0.717, 1.165) is 11.6 Å². The predicted molar refractivity (Wildman–Crippen MR) is 72.6 cm³/mol. The van der Waals surface area contributed by atoms with E-state index in [4.69, 9.17) is 12.2 Å². The molecule has 2 aromatic rings. The van der Waals surface area contributed by atoms with E-state index < -0.39 is 0 Å². The van der Waals surface area contributed by atoms with E-state index in [1.807, 2.05) is 6.20 Å². The third kappa shape index (κ3) is 2.20. The summed E-state index contributed by atoms with van der Waals surface area (Å²) < 4.78 is 0.686. The fourth-order valence-corrected chi connectivity index (χ4v) is 2.88. The molecule has 0 bridgehead atoms. The number of hydrogen-bond donors (Lipinski definition) is 2. The van der Waals surface area contributed by atoms with Crippen LogP contribution in [-0.4, -0.2) is 9.97 Å². The summed E-state index contributed by atoms with van der Waals surface area (Å²) in [5, 5.41) is 0. The third-order valence-electron chi connectivity index (χ3n) is 3.62. The highest BCUT2D eigenvalue weighted by atomic mass is 32.1. The van der Waals surface area contributed by atoms with Crippen molar-refractivity contribution in [2.24, 2.45) is 0 Å². The molecule has 1 aromatic heterocycles. The first kappa shape index (κ1) is 10.8. The Morgan fingerprint density at radius 2 is 2.00 bits per heavy atom. The maximum absolute atomic E-state index is 5.06. The minimum Gasteiger partial charge on any atom is -0.337 e. The van der Waals surface area contributed by atoms with E-state index in [1.54, 1.807) is 0 Å². The van der Waals surface area contributed by atoms with Crippen molar-refractivity contribution < 1.29 is 0 Å². The van der Waals surface area contributed by atoms with Gasteiger partial charge in [0.05, 0.1) is 5.69 Å². The van der Waals surface area contributed by atoms with Gasteiger partial charge in [0.15, 0.2) is 4.77 Å². The number of rotatable bonds is 2. The average Bonchev–Trinajstić information content (AvgIpc) is 3.00. The molecule has 0 amide bonds. The van der Waals surface area contributed by atoms with Crippen molar-refractivity contribution >= 4 is 12.2 Å². The number of imidazole rings is 1. The molecule has 2 nitrogen and oxygen atoms in total. The molecule has 0 spiro atoms. The molecule has 1 aromatic carbocycles. The molecule has 0 radical (unpaired) electrons. The van der Waals surface area contributed by atoms with Crippen LogP contribution >= 0.6 is 12.2 Å². The van der Waals surface area contributed by atoms with E-state index in [-0.39, 0.29) is 0 Å². The van der Waals surface area contributed by atoms with Gasteiger partial charge in [0, 0.05) is 6.20 Å². The fraction of sp³-hybridized carbons (Fsp3) is 0.357. The van der Waals surface area contributed by atoms with Gasteiger partial charge in [-0.2, -0.15) is 0 Å². The Labute approximate surface area is 106 Å². The summed E-state index contributed by atoms with van der Waals surface area (Å²) in [4.78, 5) is 6.18. The van der Waals surface area contributed by atoms with Crippen LogP contribution in [-0.2, 0) is 0 Å². The van der Waals surface area contributed by atoms with Crippen molar-refractivity contribution in [3.05, 3.63) is 40.8 Å². The number of aromatic amines is 2. The van der Waals surface area contributed by atoms with E-state index in [0.29, 0.717) is 4.77 Å². The van der Waals surface area contributed by atoms with Crippen LogP contribution in [0.3, 0.4) is 0 Å². The monoisotopic (exact) mass is 244 g/mol. The van der Waals surface area contributed by atoms with Crippen LogP contribution in [0.1, 0.15) is 37.2 Å². The lowest BCUT2D eigenvalue weighted by Crippen LogP contribution is -1.92. The first-order valence-corrected chi connectivity index (χ1v) is 6.62. The van der Waals surface area contributed by atoms with E-state index in [1.165, 1.54) is 36.8 Å². The molecule has 1 fully saturated rings. The van der Waals surface area contributed by atoms with Gasteiger partial charge in [-0.05, 0) is 48.2 Å². The second-order valence-electron chi connectivity index (χ2n) is 4.76. The smallest absolute Gasteiger partial charge is 0.174 e. The minimum absolute atomic E-state index is 0.686. The van der Waals surface area contributed by atoms with Crippen LogP contribution in [0.5, 0.6) is 0 Å². The summed E-state index contributed by atoms with van der Waals surface area (Å²) >= 11 is 5.06. The van der Waals surface area contributed by atoms with Crippen LogP contribution in [0.4, 0.5) is 0 Å². The molecular weight excluding hydrogens is 228 g/mol. The summed E-state index contributed by atoms with van der Waals surface area (Å²) in [5.74, 6) is 0.761. The number of aromatic nitrogens is 2. The third-order valence-corrected chi connectivity index (χ3v) is 3.84. The summed E-state index contributed by atoms with van der Waals surface area (Å²) in [6, 6.07) is 8.82. The zero-order chi connectivity index (χ0) is 11.7. The van der Waals surface area contributed by atoms with Crippen LogP contribution in [0.15, 0.2) is 30.5 Å². The Morgan fingerprint density at radius 1 is 1.18 bits per heavy atom. The van der Waals surface area contributed by atoms with Crippen molar-refractivity contribution in [1.29, 1.82) is 0 Å². The molecule has 1 saturated carbocycles. The van der Waals surface area contributed by atoms with Crippen molar-refractivity contribution in [3.8, 4) is 11.3 Å². The molecule has 88 valence electrons. The first-order valence-electron chi connectivity index (χ1n) is 6.21. The zero-order valence-corrected chi connectivity index (χ0v) is 10.5. The van der Waals surface area contributed by atoms with Crippen LogP contribution in [0.25, 0.3) is 11.3 Å². The van der Waals surface area contributed by atoms with Gasteiger partial charge in [0.2, 0.25) is 0 Å². The van der Waals surface area contributed by atoms with Crippen molar-refractivity contribution in [2.45, 2.75) is 31.6 Å². The zero-order valence-electron chi connectivity index (χ0n) is 9.70. The second-order valence-corrected chi connectivity index (χ2v) is 5.17. The van der Waals surface area contributed by atoms with Gasteiger partial charge < -0.3 is 9.97 Å². The van der Waals surface area contributed by atoms with E-state index in [2.05, 4.69) is 34.2 Å². The molecular formula is C14H16N2S. The van der Waals surface area contributed by atoms with Gasteiger partial charge in [-0.1, -0.05) is 31.0 Å². The highest BCUT2D eigenvalue weighted by molar-refractivity contribution is 7.71. The lowest BCUT2D eigenvalue weighted by molar-refractivity contribution is 0.723. The van der Waals surface area contributed by atoms with Crippen LogP contribution < -0.4 is 0 Å². The first-order chi connectivity index (χ1) is 8.33. The SMILES string of the molecule is S=c1[nH]cc(-c2cccc(C3CCCC3)c2)[nH]1. The molecule has 1 aliphatic carbocycles. The van der Waals surface area contributed by atoms with Crippen LogP contribution in [0, 0.1) is 4.77 Å². The molecule has 3 heteroatoms. The number of nitrogens with one attached hydrogen (secondary N) is 2. The average molecular weight is 244 g/mol. The lowest BCUT2D eigenvalue weighted by Gasteiger charge is -2.10. The Balaban J connectivity index is 1.95. The van der Waals surface area contributed by atoms with Gasteiger partial charge in [-0.25, -0.2) is 0 Å². The molecule has 0 unspecified atom stereocenters. The van der Waals surface area contributed by atoms with E-state index in [9.17, 15) is 0 Å². The lowest BCUT2D eigenvalue weighted by atomic mass is 9.95. The molecule has 2 N–H and O–H groups in total. The van der Waals surface area contributed by atoms with Crippen LogP contribution in [0.2, 0.25) is 0 Å². The topological polar surface area (TPSA) is 31.6 Å². The maximum atomic E-state index is 5.06. The van der Waals surface area contributed by atoms with Gasteiger partial charge in [0.1, 0.15) is 0 Å². The van der Waals surface area contributed by atoms with Gasteiger partial charge >= 0.3 is 0 Å². The Hall–Kier alpha value is -1.35. The van der Waals surface area contributed by atoms with Crippen molar-refractivity contribution in [3.63, 3.8) is 0 Å². The number of benzene rings is 1. The number of hydrogen-bond acceptors (Lipinski definition) is 1. The fourth-order valence-electron chi connectivity index (χ4n) is 2.71.